The molecule has 3 nitrogen and oxygen atoms in total. The zero-order valence-electron chi connectivity index (χ0n) is 9.38. The van der Waals surface area contributed by atoms with E-state index in [4.69, 9.17) is 5.11 Å². The van der Waals surface area contributed by atoms with Gasteiger partial charge in [-0.15, -0.1) is 0 Å². The lowest BCUT2D eigenvalue weighted by Crippen LogP contribution is -1.94. The Bertz CT molecular complexity index is 591. The summed E-state index contributed by atoms with van der Waals surface area (Å²) >= 11 is 0. The second-order valence-electron chi connectivity index (χ2n) is 3.65. The largest absolute Gasteiger partial charge is 0.506 e. The molecular weight excluding hydrogens is 233 g/mol. The molecule has 1 heterocycles. The second kappa shape index (κ2) is 5.23. The molecule has 0 aliphatic heterocycles. The van der Waals surface area contributed by atoms with E-state index in [1.165, 1.54) is 42.6 Å². The van der Waals surface area contributed by atoms with Crippen molar-refractivity contribution in [2.75, 3.05) is 0 Å². The van der Waals surface area contributed by atoms with Crippen LogP contribution < -0.4 is 0 Å². The smallest absolute Gasteiger partial charge is 0.186 e. The summed E-state index contributed by atoms with van der Waals surface area (Å²) in [6, 6.07) is 8.53. The summed E-state index contributed by atoms with van der Waals surface area (Å²) in [7, 11) is 0. The Balaban J connectivity index is 2.14. The highest BCUT2D eigenvalue weighted by molar-refractivity contribution is 6.06. The molecule has 90 valence electrons. The van der Waals surface area contributed by atoms with Crippen molar-refractivity contribution >= 4 is 11.9 Å². The van der Waals surface area contributed by atoms with Crippen LogP contribution in [0.25, 0.3) is 6.08 Å². The monoisotopic (exact) mass is 243 g/mol. The van der Waals surface area contributed by atoms with Gasteiger partial charge in [0.2, 0.25) is 0 Å². The number of allylic oxidation sites excluding steroid dienone is 1. The molecule has 0 bridgehead atoms. The predicted octanol–water partition coefficient (Wildman–Crippen LogP) is 2.82. The van der Waals surface area contributed by atoms with Crippen molar-refractivity contribution in [3.05, 3.63) is 65.7 Å². The number of rotatable bonds is 3. The maximum absolute atomic E-state index is 12.9. The molecule has 1 N–H and O–H groups in total. The lowest BCUT2D eigenvalue weighted by Gasteiger charge is -1.96. The van der Waals surface area contributed by atoms with Gasteiger partial charge in [0.25, 0.3) is 0 Å². The number of pyridine rings is 1. The van der Waals surface area contributed by atoms with Gasteiger partial charge in [-0.2, -0.15) is 0 Å². The van der Waals surface area contributed by atoms with E-state index in [1.807, 2.05) is 0 Å². The molecule has 0 amide bonds. The molecule has 2 rings (SSSR count). The summed E-state index contributed by atoms with van der Waals surface area (Å²) in [6.45, 7) is 0. The van der Waals surface area contributed by atoms with E-state index in [2.05, 4.69) is 4.98 Å². The SMILES string of the molecule is O=C(C=Cc1ccc(O)cn1)c1cccc(F)c1. The highest BCUT2D eigenvalue weighted by Crippen LogP contribution is 2.09. The molecule has 18 heavy (non-hydrogen) atoms. The van der Waals surface area contributed by atoms with Crippen molar-refractivity contribution in [2.24, 2.45) is 0 Å². The number of carbonyl (C=O) groups is 1. The summed E-state index contributed by atoms with van der Waals surface area (Å²) in [5, 5.41) is 9.05. The number of hydrogen-bond acceptors (Lipinski definition) is 3. The van der Waals surface area contributed by atoms with E-state index in [0.717, 1.165) is 0 Å². The van der Waals surface area contributed by atoms with Crippen LogP contribution in [-0.4, -0.2) is 15.9 Å². The van der Waals surface area contributed by atoms with E-state index in [0.29, 0.717) is 5.69 Å². The van der Waals surface area contributed by atoms with Crippen molar-refractivity contribution in [3.8, 4) is 5.75 Å². The minimum atomic E-state index is -0.447. The summed E-state index contributed by atoms with van der Waals surface area (Å²) in [5.41, 5.74) is 0.822. The van der Waals surface area contributed by atoms with Crippen molar-refractivity contribution in [3.63, 3.8) is 0 Å². The molecule has 0 radical (unpaired) electrons. The fraction of sp³-hybridized carbons (Fsp3) is 0. The zero-order chi connectivity index (χ0) is 13.0. The molecule has 0 fully saturated rings. The first kappa shape index (κ1) is 12.0. The molecule has 0 unspecified atom stereocenters. The van der Waals surface area contributed by atoms with Crippen LogP contribution in [0.2, 0.25) is 0 Å². The Morgan fingerprint density at radius 2 is 2.11 bits per heavy atom. The minimum absolute atomic E-state index is 0.0589. The van der Waals surface area contributed by atoms with Gasteiger partial charge >= 0.3 is 0 Å². The number of carbonyl (C=O) groups excluding carboxylic acids is 1. The van der Waals surface area contributed by atoms with Crippen molar-refractivity contribution in [1.82, 2.24) is 4.98 Å². The molecule has 0 aliphatic carbocycles. The fourth-order valence-corrected chi connectivity index (χ4v) is 1.40. The highest BCUT2D eigenvalue weighted by Gasteiger charge is 2.02. The minimum Gasteiger partial charge on any atom is -0.506 e. The van der Waals surface area contributed by atoms with Crippen molar-refractivity contribution in [1.29, 1.82) is 0 Å². The molecule has 4 heteroatoms. The first-order valence-electron chi connectivity index (χ1n) is 5.28. The number of nitrogens with zero attached hydrogens (tertiary/aromatic N) is 1. The Hall–Kier alpha value is -2.49. The average molecular weight is 243 g/mol. The van der Waals surface area contributed by atoms with Crippen molar-refractivity contribution in [2.45, 2.75) is 0 Å². The quantitative estimate of drug-likeness (QED) is 0.666. The van der Waals surface area contributed by atoms with Crippen LogP contribution in [0.5, 0.6) is 5.75 Å². The molecule has 0 aliphatic rings. The lowest BCUT2D eigenvalue weighted by atomic mass is 10.1. The van der Waals surface area contributed by atoms with Crippen LogP contribution in [0.3, 0.4) is 0 Å². The first-order valence-corrected chi connectivity index (χ1v) is 5.28. The van der Waals surface area contributed by atoms with Crippen molar-refractivity contribution < 1.29 is 14.3 Å². The maximum Gasteiger partial charge on any atom is 0.186 e. The first-order chi connectivity index (χ1) is 8.65. The van der Waals surface area contributed by atoms with E-state index < -0.39 is 5.82 Å². The highest BCUT2D eigenvalue weighted by atomic mass is 19.1. The van der Waals surface area contributed by atoms with E-state index in [1.54, 1.807) is 12.1 Å². The molecule has 0 atom stereocenters. The summed E-state index contributed by atoms with van der Waals surface area (Å²) in [5.74, 6) is -0.690. The average Bonchev–Trinajstić information content (AvgIpc) is 2.38. The molecule has 0 spiro atoms. The Morgan fingerprint density at radius 3 is 2.78 bits per heavy atom. The van der Waals surface area contributed by atoms with Gasteiger partial charge in [0.05, 0.1) is 11.9 Å². The number of aromatic nitrogens is 1. The molecule has 0 saturated heterocycles. The summed E-state index contributed by atoms with van der Waals surface area (Å²) < 4.78 is 12.9. The second-order valence-corrected chi connectivity index (χ2v) is 3.65. The Morgan fingerprint density at radius 1 is 1.28 bits per heavy atom. The van der Waals surface area contributed by atoms with Gasteiger partial charge in [0, 0.05) is 5.56 Å². The van der Waals surface area contributed by atoms with Gasteiger partial charge in [0.15, 0.2) is 5.78 Å². The third kappa shape index (κ3) is 3.01. The van der Waals surface area contributed by atoms with Crippen LogP contribution in [0.15, 0.2) is 48.7 Å². The van der Waals surface area contributed by atoms with Crippen LogP contribution >= 0.6 is 0 Å². The maximum atomic E-state index is 12.9. The van der Waals surface area contributed by atoms with Gasteiger partial charge in [-0.1, -0.05) is 12.1 Å². The van der Waals surface area contributed by atoms with Gasteiger partial charge in [-0.05, 0) is 36.4 Å². The molecule has 0 saturated carbocycles. The fourth-order valence-electron chi connectivity index (χ4n) is 1.40. The third-order valence-electron chi connectivity index (χ3n) is 2.29. The summed E-state index contributed by atoms with van der Waals surface area (Å²) in [4.78, 5) is 15.6. The number of benzene rings is 1. The Kier molecular flexibility index (Phi) is 3.48. The van der Waals surface area contributed by atoms with E-state index in [-0.39, 0.29) is 17.1 Å². The van der Waals surface area contributed by atoms with E-state index >= 15 is 0 Å². The van der Waals surface area contributed by atoms with Crippen LogP contribution in [0.4, 0.5) is 4.39 Å². The van der Waals surface area contributed by atoms with Gasteiger partial charge in [-0.25, -0.2) is 4.39 Å². The topological polar surface area (TPSA) is 50.2 Å². The standard InChI is InChI=1S/C14H10FNO2/c15-11-3-1-2-10(8-11)14(18)7-5-12-4-6-13(17)9-16-12/h1-9,17H. The van der Waals surface area contributed by atoms with E-state index in [9.17, 15) is 9.18 Å². The number of ketones is 1. The van der Waals surface area contributed by atoms with Gasteiger partial charge < -0.3 is 5.11 Å². The normalized spacial score (nSPS) is 10.7. The number of aromatic hydroxyl groups is 1. The predicted molar refractivity (Wildman–Crippen MR) is 65.7 cm³/mol. The zero-order valence-corrected chi connectivity index (χ0v) is 9.38. The number of halogens is 1. The third-order valence-corrected chi connectivity index (χ3v) is 2.29. The lowest BCUT2D eigenvalue weighted by molar-refractivity contribution is 0.104. The molecule has 2 aromatic rings. The number of hydrogen-bond donors (Lipinski definition) is 1. The molecular formula is C14H10FNO2. The van der Waals surface area contributed by atoms with Gasteiger partial charge in [0.1, 0.15) is 11.6 Å². The molecule has 1 aromatic heterocycles. The van der Waals surface area contributed by atoms with Crippen LogP contribution in [-0.2, 0) is 0 Å². The van der Waals surface area contributed by atoms with Gasteiger partial charge in [-0.3, -0.25) is 9.78 Å². The summed E-state index contributed by atoms with van der Waals surface area (Å²) in [6.07, 6.45) is 4.10. The Labute approximate surface area is 103 Å². The van der Waals surface area contributed by atoms with Crippen LogP contribution in [0.1, 0.15) is 16.1 Å². The molecule has 1 aromatic carbocycles. The van der Waals surface area contributed by atoms with Crippen LogP contribution in [0, 0.1) is 5.82 Å².